The number of alkyl halides is 1. The zero-order chi connectivity index (χ0) is 17.3. The molecule has 24 heavy (non-hydrogen) atoms. The first-order valence-electron chi connectivity index (χ1n) is 8.58. The monoisotopic (exact) mass is 325 g/mol. The number of fused-ring (bicyclic) bond motifs is 1. The van der Waals surface area contributed by atoms with Gasteiger partial charge in [-0.25, -0.2) is 4.39 Å². The molecule has 1 amide bonds. The van der Waals surface area contributed by atoms with Crippen molar-refractivity contribution in [3.05, 3.63) is 53.6 Å². The molecule has 0 radical (unpaired) electrons. The molecular weight excluding hydrogens is 301 g/mol. The maximum absolute atomic E-state index is 14.0. The van der Waals surface area contributed by atoms with Crippen molar-refractivity contribution in [1.29, 1.82) is 0 Å². The Morgan fingerprint density at radius 2 is 2.04 bits per heavy atom. The lowest BCUT2D eigenvalue weighted by Crippen LogP contribution is -2.29. The van der Waals surface area contributed by atoms with E-state index in [1.165, 1.54) is 5.57 Å². The second kappa shape index (κ2) is 6.39. The van der Waals surface area contributed by atoms with E-state index in [4.69, 9.17) is 0 Å². The zero-order valence-electron chi connectivity index (χ0n) is 14.5. The van der Waals surface area contributed by atoms with Gasteiger partial charge in [0.05, 0.1) is 0 Å². The molecule has 1 unspecified atom stereocenters. The summed E-state index contributed by atoms with van der Waals surface area (Å²) in [6, 6.07) is 12.0. The van der Waals surface area contributed by atoms with Crippen LogP contribution in [0.15, 0.2) is 42.5 Å². The molecular formula is C21H24FNO. The number of benzene rings is 2. The first kappa shape index (κ1) is 16.7. The molecule has 0 saturated heterocycles. The molecule has 0 heterocycles. The summed E-state index contributed by atoms with van der Waals surface area (Å²) >= 11 is 0. The lowest BCUT2D eigenvalue weighted by molar-refractivity contribution is 0.0943. The zero-order valence-corrected chi connectivity index (χ0v) is 14.5. The highest BCUT2D eigenvalue weighted by molar-refractivity contribution is 6.01. The van der Waals surface area contributed by atoms with E-state index in [0.29, 0.717) is 18.4 Å². The van der Waals surface area contributed by atoms with Crippen molar-refractivity contribution in [3.8, 4) is 0 Å². The van der Waals surface area contributed by atoms with Crippen LogP contribution in [-0.2, 0) is 0 Å². The van der Waals surface area contributed by atoms with E-state index in [-0.39, 0.29) is 11.9 Å². The molecule has 0 bridgehead atoms. The molecule has 1 atom stereocenters. The maximum Gasteiger partial charge on any atom is 0.251 e. The van der Waals surface area contributed by atoms with Gasteiger partial charge in [-0.2, -0.15) is 0 Å². The normalized spacial score (nSPS) is 21.0. The van der Waals surface area contributed by atoms with Gasteiger partial charge in [-0.15, -0.1) is 0 Å². The molecule has 0 aromatic heterocycles. The van der Waals surface area contributed by atoms with E-state index < -0.39 is 5.67 Å². The highest BCUT2D eigenvalue weighted by atomic mass is 19.1. The number of carbonyl (C=O) groups is 1. The number of halogens is 1. The molecule has 0 fully saturated rings. The highest BCUT2D eigenvalue weighted by Gasteiger charge is 2.26. The highest BCUT2D eigenvalue weighted by Crippen LogP contribution is 2.37. The smallest absolute Gasteiger partial charge is 0.251 e. The molecule has 1 aliphatic rings. The van der Waals surface area contributed by atoms with E-state index >= 15 is 0 Å². The molecule has 0 saturated carbocycles. The standard InChI is InChI=1S/C21H24FNO/c1-14(2)23-20(24)17-7-8-19-16(13-17)5-4-6-18(19)15-9-11-21(3,22)12-10-15/h4-9,13-14H,10-12H2,1-3H3,(H,23,24). The summed E-state index contributed by atoms with van der Waals surface area (Å²) in [4.78, 5) is 12.2. The molecule has 3 rings (SSSR count). The van der Waals surface area contributed by atoms with Crippen molar-refractivity contribution in [2.24, 2.45) is 0 Å². The number of hydrogen-bond donors (Lipinski definition) is 1. The number of rotatable bonds is 3. The Bertz CT molecular complexity index is 805. The minimum Gasteiger partial charge on any atom is -0.350 e. The Balaban J connectivity index is 1.97. The molecule has 0 aliphatic heterocycles. The third kappa shape index (κ3) is 3.50. The Kier molecular flexibility index (Phi) is 4.44. The number of carbonyl (C=O) groups excluding carboxylic acids is 1. The molecule has 2 aromatic carbocycles. The van der Waals surface area contributed by atoms with E-state index in [0.717, 1.165) is 22.8 Å². The van der Waals surface area contributed by atoms with Crippen LogP contribution in [0.1, 0.15) is 56.0 Å². The SMILES string of the molecule is CC(C)NC(=O)c1ccc2c(C3=CCC(C)(F)CC3)cccc2c1. The van der Waals surface area contributed by atoms with E-state index in [9.17, 15) is 9.18 Å². The average molecular weight is 325 g/mol. The average Bonchev–Trinajstić information content (AvgIpc) is 2.53. The summed E-state index contributed by atoms with van der Waals surface area (Å²) in [6.45, 7) is 5.57. The molecule has 126 valence electrons. The van der Waals surface area contributed by atoms with Gasteiger partial charge in [-0.3, -0.25) is 4.79 Å². The van der Waals surface area contributed by atoms with Gasteiger partial charge in [-0.05, 0) is 74.1 Å². The first-order valence-corrected chi connectivity index (χ1v) is 8.58. The second-order valence-corrected chi connectivity index (χ2v) is 7.22. The van der Waals surface area contributed by atoms with Gasteiger partial charge < -0.3 is 5.32 Å². The Morgan fingerprint density at radius 3 is 2.71 bits per heavy atom. The summed E-state index contributed by atoms with van der Waals surface area (Å²) < 4.78 is 14.0. The van der Waals surface area contributed by atoms with Crippen molar-refractivity contribution in [2.75, 3.05) is 0 Å². The van der Waals surface area contributed by atoms with Crippen molar-refractivity contribution < 1.29 is 9.18 Å². The minimum atomic E-state index is -1.09. The van der Waals surface area contributed by atoms with Crippen LogP contribution < -0.4 is 5.32 Å². The van der Waals surface area contributed by atoms with Crippen LogP contribution in [0.5, 0.6) is 0 Å². The Hall–Kier alpha value is -2.16. The topological polar surface area (TPSA) is 29.1 Å². The molecule has 1 N–H and O–H groups in total. The van der Waals surface area contributed by atoms with Gasteiger partial charge in [-0.1, -0.05) is 30.3 Å². The van der Waals surface area contributed by atoms with E-state index in [1.807, 2.05) is 50.3 Å². The van der Waals surface area contributed by atoms with Crippen molar-refractivity contribution in [3.63, 3.8) is 0 Å². The minimum absolute atomic E-state index is 0.0534. The van der Waals surface area contributed by atoms with Crippen LogP contribution >= 0.6 is 0 Å². The molecule has 2 nitrogen and oxygen atoms in total. The first-order chi connectivity index (χ1) is 11.4. The van der Waals surface area contributed by atoms with Crippen molar-refractivity contribution in [2.45, 2.75) is 51.7 Å². The predicted octanol–water partition coefficient (Wildman–Crippen LogP) is 5.27. The summed E-state index contributed by atoms with van der Waals surface area (Å²) in [5.41, 5.74) is 1.94. The fraction of sp³-hybridized carbons (Fsp3) is 0.381. The van der Waals surface area contributed by atoms with Gasteiger partial charge in [0.25, 0.3) is 5.91 Å². The quantitative estimate of drug-likeness (QED) is 0.818. The third-order valence-corrected chi connectivity index (χ3v) is 4.60. The van der Waals surface area contributed by atoms with Crippen molar-refractivity contribution in [1.82, 2.24) is 5.32 Å². The second-order valence-electron chi connectivity index (χ2n) is 7.22. The summed E-state index contributed by atoms with van der Waals surface area (Å²) in [7, 11) is 0. The largest absolute Gasteiger partial charge is 0.350 e. The number of nitrogens with one attached hydrogen (secondary N) is 1. The third-order valence-electron chi connectivity index (χ3n) is 4.60. The Labute approximate surface area is 142 Å². The van der Waals surface area contributed by atoms with Crippen LogP contribution in [0, 0.1) is 0 Å². The lowest BCUT2D eigenvalue weighted by Gasteiger charge is -2.25. The Morgan fingerprint density at radius 1 is 1.25 bits per heavy atom. The van der Waals surface area contributed by atoms with Crippen LogP contribution in [0.4, 0.5) is 4.39 Å². The number of allylic oxidation sites excluding steroid dienone is 2. The molecule has 0 spiro atoms. The fourth-order valence-electron chi connectivity index (χ4n) is 3.23. The number of amides is 1. The summed E-state index contributed by atoms with van der Waals surface area (Å²) in [5.74, 6) is -0.0534. The van der Waals surface area contributed by atoms with Gasteiger partial charge in [0.15, 0.2) is 0 Å². The van der Waals surface area contributed by atoms with Crippen molar-refractivity contribution >= 4 is 22.3 Å². The van der Waals surface area contributed by atoms with Gasteiger partial charge in [0.2, 0.25) is 0 Å². The maximum atomic E-state index is 14.0. The van der Waals surface area contributed by atoms with E-state index in [1.54, 1.807) is 6.92 Å². The van der Waals surface area contributed by atoms with Crippen LogP contribution in [0.25, 0.3) is 16.3 Å². The lowest BCUT2D eigenvalue weighted by atomic mass is 9.84. The van der Waals surface area contributed by atoms with E-state index in [2.05, 4.69) is 11.4 Å². The fourth-order valence-corrected chi connectivity index (χ4v) is 3.23. The van der Waals surface area contributed by atoms with Crippen LogP contribution in [0.2, 0.25) is 0 Å². The van der Waals surface area contributed by atoms with Crippen LogP contribution in [0.3, 0.4) is 0 Å². The summed E-state index contributed by atoms with van der Waals surface area (Å²) in [5, 5.41) is 5.08. The molecule has 1 aliphatic carbocycles. The molecule has 2 aromatic rings. The van der Waals surface area contributed by atoms with Gasteiger partial charge in [0.1, 0.15) is 5.67 Å². The van der Waals surface area contributed by atoms with Gasteiger partial charge in [0, 0.05) is 11.6 Å². The number of hydrogen-bond acceptors (Lipinski definition) is 1. The van der Waals surface area contributed by atoms with Gasteiger partial charge >= 0.3 is 0 Å². The van der Waals surface area contributed by atoms with Crippen LogP contribution in [-0.4, -0.2) is 17.6 Å². The molecule has 3 heteroatoms. The predicted molar refractivity (Wildman–Crippen MR) is 97.9 cm³/mol. The summed E-state index contributed by atoms with van der Waals surface area (Å²) in [6.07, 6.45) is 3.80.